The van der Waals surface area contributed by atoms with Gasteiger partial charge in [0.1, 0.15) is 0 Å². The van der Waals surface area contributed by atoms with Gasteiger partial charge in [-0.25, -0.2) is 0 Å². The average Bonchev–Trinajstić information content (AvgIpc) is 2.89. The molecule has 0 radical (unpaired) electrons. The first kappa shape index (κ1) is 12.6. The SMILES string of the molecule is CNC(C)Cc1noc(CC2CCC(C)C2)n1. The zero-order valence-electron chi connectivity index (χ0n) is 11.1. The third-order valence-corrected chi connectivity index (χ3v) is 3.76. The highest BCUT2D eigenvalue weighted by Crippen LogP contribution is 2.32. The second-order valence-electron chi connectivity index (χ2n) is 5.49. The fourth-order valence-corrected chi connectivity index (χ4v) is 2.59. The highest BCUT2D eigenvalue weighted by molar-refractivity contribution is 4.91. The summed E-state index contributed by atoms with van der Waals surface area (Å²) in [5.74, 6) is 3.27. The normalized spacial score (nSPS) is 26.3. The van der Waals surface area contributed by atoms with Crippen LogP contribution in [0, 0.1) is 11.8 Å². The maximum atomic E-state index is 5.32. The van der Waals surface area contributed by atoms with E-state index in [9.17, 15) is 0 Å². The standard InChI is InChI=1S/C13H23N3O/c1-9-4-5-11(6-9)8-13-15-12(16-17-13)7-10(2)14-3/h9-11,14H,4-8H2,1-3H3. The van der Waals surface area contributed by atoms with Crippen LogP contribution in [-0.2, 0) is 12.8 Å². The molecule has 0 aliphatic heterocycles. The molecule has 0 amide bonds. The predicted molar refractivity (Wildman–Crippen MR) is 66.7 cm³/mol. The van der Waals surface area contributed by atoms with Crippen molar-refractivity contribution in [2.45, 2.75) is 52.0 Å². The number of nitrogens with one attached hydrogen (secondary N) is 1. The van der Waals surface area contributed by atoms with E-state index in [1.807, 2.05) is 7.05 Å². The number of likely N-dealkylation sites (N-methyl/N-ethyl adjacent to an activating group) is 1. The zero-order chi connectivity index (χ0) is 12.3. The first-order chi connectivity index (χ1) is 8.17. The Morgan fingerprint density at radius 2 is 2.29 bits per heavy atom. The second kappa shape index (κ2) is 5.63. The lowest BCUT2D eigenvalue weighted by Crippen LogP contribution is -2.24. The van der Waals surface area contributed by atoms with E-state index in [0.29, 0.717) is 6.04 Å². The zero-order valence-corrected chi connectivity index (χ0v) is 11.1. The van der Waals surface area contributed by atoms with Gasteiger partial charge < -0.3 is 9.84 Å². The molecule has 0 spiro atoms. The Labute approximate surface area is 103 Å². The molecule has 4 heteroatoms. The Bertz CT molecular complexity index is 350. The fourth-order valence-electron chi connectivity index (χ4n) is 2.59. The van der Waals surface area contributed by atoms with Crippen LogP contribution in [0.1, 0.15) is 44.8 Å². The molecule has 1 fully saturated rings. The summed E-state index contributed by atoms with van der Waals surface area (Å²) in [5, 5.41) is 7.22. The van der Waals surface area contributed by atoms with E-state index in [0.717, 1.165) is 36.4 Å². The van der Waals surface area contributed by atoms with Crippen LogP contribution >= 0.6 is 0 Å². The molecule has 1 aromatic heterocycles. The van der Waals surface area contributed by atoms with Gasteiger partial charge in [-0.2, -0.15) is 4.98 Å². The van der Waals surface area contributed by atoms with Gasteiger partial charge in [0, 0.05) is 18.9 Å². The molecule has 4 nitrogen and oxygen atoms in total. The summed E-state index contributed by atoms with van der Waals surface area (Å²) >= 11 is 0. The highest BCUT2D eigenvalue weighted by atomic mass is 16.5. The van der Waals surface area contributed by atoms with Gasteiger partial charge in [0.05, 0.1) is 0 Å². The van der Waals surface area contributed by atoms with E-state index in [4.69, 9.17) is 4.52 Å². The molecule has 3 unspecified atom stereocenters. The number of hydrogen-bond acceptors (Lipinski definition) is 4. The van der Waals surface area contributed by atoms with E-state index in [2.05, 4.69) is 29.3 Å². The summed E-state index contributed by atoms with van der Waals surface area (Å²) in [7, 11) is 1.95. The molecule has 0 saturated heterocycles. The van der Waals surface area contributed by atoms with Crippen LogP contribution < -0.4 is 5.32 Å². The van der Waals surface area contributed by atoms with Gasteiger partial charge in [0.25, 0.3) is 0 Å². The first-order valence-corrected chi connectivity index (χ1v) is 6.66. The van der Waals surface area contributed by atoms with Crippen molar-refractivity contribution in [3.8, 4) is 0 Å². The molecule has 1 aliphatic carbocycles. The van der Waals surface area contributed by atoms with Crippen molar-refractivity contribution in [1.29, 1.82) is 0 Å². The average molecular weight is 237 g/mol. The Hall–Kier alpha value is -0.900. The topological polar surface area (TPSA) is 51.0 Å². The lowest BCUT2D eigenvalue weighted by atomic mass is 10.0. The van der Waals surface area contributed by atoms with Gasteiger partial charge in [-0.05, 0) is 38.6 Å². The number of hydrogen-bond donors (Lipinski definition) is 1. The number of rotatable bonds is 5. The molecule has 1 aliphatic rings. The maximum Gasteiger partial charge on any atom is 0.226 e. The highest BCUT2D eigenvalue weighted by Gasteiger charge is 2.23. The van der Waals surface area contributed by atoms with Crippen molar-refractivity contribution in [1.82, 2.24) is 15.5 Å². The molecular weight excluding hydrogens is 214 g/mol. The van der Waals surface area contributed by atoms with Crippen molar-refractivity contribution in [2.75, 3.05) is 7.05 Å². The van der Waals surface area contributed by atoms with E-state index in [1.54, 1.807) is 0 Å². The molecule has 0 bridgehead atoms. The van der Waals surface area contributed by atoms with E-state index < -0.39 is 0 Å². The van der Waals surface area contributed by atoms with Crippen LogP contribution in [0.25, 0.3) is 0 Å². The van der Waals surface area contributed by atoms with Gasteiger partial charge in [-0.3, -0.25) is 0 Å². The summed E-state index contributed by atoms with van der Waals surface area (Å²) in [6.07, 6.45) is 5.77. The third kappa shape index (κ3) is 3.53. The van der Waals surface area contributed by atoms with Gasteiger partial charge in [-0.15, -0.1) is 0 Å². The molecule has 1 N–H and O–H groups in total. The van der Waals surface area contributed by atoms with Gasteiger partial charge in [0.15, 0.2) is 5.82 Å². The maximum absolute atomic E-state index is 5.32. The van der Waals surface area contributed by atoms with Crippen LogP contribution in [0.4, 0.5) is 0 Å². The predicted octanol–water partition coefficient (Wildman–Crippen LogP) is 2.20. The van der Waals surface area contributed by atoms with Crippen molar-refractivity contribution in [3.05, 3.63) is 11.7 Å². The van der Waals surface area contributed by atoms with Crippen LogP contribution in [-0.4, -0.2) is 23.2 Å². The van der Waals surface area contributed by atoms with Crippen LogP contribution in [0.5, 0.6) is 0 Å². The van der Waals surface area contributed by atoms with Crippen molar-refractivity contribution < 1.29 is 4.52 Å². The Balaban J connectivity index is 1.85. The van der Waals surface area contributed by atoms with Gasteiger partial charge in [0.2, 0.25) is 5.89 Å². The molecule has 1 heterocycles. The minimum atomic E-state index is 0.395. The van der Waals surface area contributed by atoms with Crippen LogP contribution in [0.3, 0.4) is 0 Å². The summed E-state index contributed by atoms with van der Waals surface area (Å²) in [4.78, 5) is 4.47. The van der Waals surface area contributed by atoms with Crippen molar-refractivity contribution in [3.63, 3.8) is 0 Å². The van der Waals surface area contributed by atoms with E-state index in [-0.39, 0.29) is 0 Å². The largest absolute Gasteiger partial charge is 0.339 e. The molecule has 96 valence electrons. The first-order valence-electron chi connectivity index (χ1n) is 6.66. The number of nitrogens with zero attached hydrogens (tertiary/aromatic N) is 2. The lowest BCUT2D eigenvalue weighted by Gasteiger charge is -2.05. The molecular formula is C13H23N3O. The summed E-state index contributed by atoms with van der Waals surface area (Å²) in [6, 6.07) is 0.395. The van der Waals surface area contributed by atoms with E-state index >= 15 is 0 Å². The minimum absolute atomic E-state index is 0.395. The quantitative estimate of drug-likeness (QED) is 0.853. The smallest absolute Gasteiger partial charge is 0.226 e. The van der Waals surface area contributed by atoms with Gasteiger partial charge in [-0.1, -0.05) is 18.5 Å². The Morgan fingerprint density at radius 1 is 1.47 bits per heavy atom. The molecule has 2 rings (SSSR count). The minimum Gasteiger partial charge on any atom is -0.339 e. The molecule has 1 aromatic rings. The molecule has 3 atom stereocenters. The Morgan fingerprint density at radius 3 is 2.94 bits per heavy atom. The fraction of sp³-hybridized carbons (Fsp3) is 0.846. The summed E-state index contributed by atoms with van der Waals surface area (Å²) in [6.45, 7) is 4.45. The molecule has 1 saturated carbocycles. The molecule has 17 heavy (non-hydrogen) atoms. The van der Waals surface area contributed by atoms with Crippen molar-refractivity contribution in [2.24, 2.45) is 11.8 Å². The summed E-state index contributed by atoms with van der Waals surface area (Å²) in [5.41, 5.74) is 0. The van der Waals surface area contributed by atoms with Crippen LogP contribution in [0.2, 0.25) is 0 Å². The monoisotopic (exact) mass is 237 g/mol. The second-order valence-corrected chi connectivity index (χ2v) is 5.49. The Kier molecular flexibility index (Phi) is 4.15. The summed E-state index contributed by atoms with van der Waals surface area (Å²) < 4.78 is 5.32. The van der Waals surface area contributed by atoms with Gasteiger partial charge >= 0.3 is 0 Å². The lowest BCUT2D eigenvalue weighted by molar-refractivity contribution is 0.346. The number of aromatic nitrogens is 2. The van der Waals surface area contributed by atoms with Crippen molar-refractivity contribution >= 4 is 0 Å². The van der Waals surface area contributed by atoms with E-state index in [1.165, 1.54) is 19.3 Å². The molecule has 0 aromatic carbocycles. The third-order valence-electron chi connectivity index (χ3n) is 3.76. The van der Waals surface area contributed by atoms with Crippen LogP contribution in [0.15, 0.2) is 4.52 Å².